The Hall–Kier alpha value is -2.75. The van der Waals surface area contributed by atoms with E-state index in [1.807, 2.05) is 31.3 Å². The van der Waals surface area contributed by atoms with Crippen molar-refractivity contribution >= 4 is 16.7 Å². The first-order chi connectivity index (χ1) is 10.2. The van der Waals surface area contributed by atoms with Crippen molar-refractivity contribution in [1.29, 1.82) is 0 Å². The molecular formula is C17H15N3O. The molecule has 104 valence electrons. The largest absolute Gasteiger partial charge is 0.348 e. The fourth-order valence-electron chi connectivity index (χ4n) is 2.20. The van der Waals surface area contributed by atoms with Gasteiger partial charge in [-0.3, -0.25) is 14.8 Å². The predicted molar refractivity (Wildman–Crippen MR) is 81.9 cm³/mol. The normalized spacial score (nSPS) is 10.5. The number of amides is 1. The van der Waals surface area contributed by atoms with Crippen LogP contribution in [0.3, 0.4) is 0 Å². The minimum Gasteiger partial charge on any atom is -0.348 e. The number of aryl methyl sites for hydroxylation is 1. The van der Waals surface area contributed by atoms with Crippen LogP contribution in [-0.4, -0.2) is 15.9 Å². The van der Waals surface area contributed by atoms with Crippen LogP contribution in [0.15, 0.2) is 55.0 Å². The number of pyridine rings is 2. The molecule has 0 atom stereocenters. The highest BCUT2D eigenvalue weighted by atomic mass is 16.1. The smallest absolute Gasteiger partial charge is 0.251 e. The van der Waals surface area contributed by atoms with E-state index in [4.69, 9.17) is 0 Å². The summed E-state index contributed by atoms with van der Waals surface area (Å²) in [7, 11) is 0. The summed E-state index contributed by atoms with van der Waals surface area (Å²) in [5.41, 5.74) is 2.67. The quantitative estimate of drug-likeness (QED) is 0.801. The number of benzene rings is 1. The molecule has 1 aromatic carbocycles. The third-order valence-corrected chi connectivity index (χ3v) is 3.32. The standard InChI is InChI=1S/C17H15N3O/c1-12-8-16-9-13(2-3-15(16)11-19-12)10-20-17(21)14-4-6-18-7-5-14/h2-9,11H,10H2,1H3,(H,20,21). The highest BCUT2D eigenvalue weighted by Gasteiger charge is 2.04. The van der Waals surface area contributed by atoms with Gasteiger partial charge in [0.1, 0.15) is 0 Å². The van der Waals surface area contributed by atoms with Crippen LogP contribution in [0.2, 0.25) is 0 Å². The van der Waals surface area contributed by atoms with Gasteiger partial charge in [0.25, 0.3) is 5.91 Å². The lowest BCUT2D eigenvalue weighted by Crippen LogP contribution is -2.22. The number of carbonyl (C=O) groups excluding carboxylic acids is 1. The lowest BCUT2D eigenvalue weighted by atomic mass is 10.1. The first kappa shape index (κ1) is 13.2. The van der Waals surface area contributed by atoms with Crippen molar-refractivity contribution in [2.45, 2.75) is 13.5 Å². The minimum atomic E-state index is -0.0941. The lowest BCUT2D eigenvalue weighted by Gasteiger charge is -2.07. The molecule has 0 aliphatic rings. The van der Waals surface area contributed by atoms with Gasteiger partial charge in [-0.25, -0.2) is 0 Å². The number of nitrogens with zero attached hydrogens (tertiary/aromatic N) is 2. The van der Waals surface area contributed by atoms with E-state index in [0.29, 0.717) is 12.1 Å². The van der Waals surface area contributed by atoms with Crippen molar-refractivity contribution in [1.82, 2.24) is 15.3 Å². The van der Waals surface area contributed by atoms with Gasteiger partial charge in [-0.1, -0.05) is 12.1 Å². The molecule has 0 spiro atoms. The molecule has 3 aromatic rings. The van der Waals surface area contributed by atoms with Crippen molar-refractivity contribution in [3.63, 3.8) is 0 Å². The van der Waals surface area contributed by atoms with E-state index in [0.717, 1.165) is 22.0 Å². The van der Waals surface area contributed by atoms with Gasteiger partial charge in [-0.15, -0.1) is 0 Å². The Bertz CT molecular complexity index is 784. The molecule has 0 fully saturated rings. The molecule has 3 rings (SSSR count). The van der Waals surface area contributed by atoms with Gasteiger partial charge in [-0.05, 0) is 42.1 Å². The van der Waals surface area contributed by atoms with Gasteiger partial charge in [0.15, 0.2) is 0 Å². The van der Waals surface area contributed by atoms with Crippen LogP contribution in [0.25, 0.3) is 10.8 Å². The summed E-state index contributed by atoms with van der Waals surface area (Å²) in [6.07, 6.45) is 5.09. The zero-order valence-electron chi connectivity index (χ0n) is 11.7. The van der Waals surface area contributed by atoms with Gasteiger partial charge in [0.05, 0.1) is 0 Å². The molecule has 4 nitrogen and oxygen atoms in total. The van der Waals surface area contributed by atoms with Gasteiger partial charge in [0, 0.05) is 41.8 Å². The Labute approximate surface area is 122 Å². The molecule has 0 bridgehead atoms. The number of hydrogen-bond acceptors (Lipinski definition) is 3. The van der Waals surface area contributed by atoms with Crippen LogP contribution in [0.1, 0.15) is 21.6 Å². The van der Waals surface area contributed by atoms with Gasteiger partial charge >= 0.3 is 0 Å². The number of nitrogens with one attached hydrogen (secondary N) is 1. The van der Waals surface area contributed by atoms with Crippen molar-refractivity contribution in [2.75, 3.05) is 0 Å². The summed E-state index contributed by atoms with van der Waals surface area (Å²) in [6.45, 7) is 2.47. The summed E-state index contributed by atoms with van der Waals surface area (Å²) in [5.74, 6) is -0.0941. The maximum atomic E-state index is 12.0. The molecule has 0 saturated heterocycles. The second kappa shape index (κ2) is 5.71. The SMILES string of the molecule is Cc1cc2cc(CNC(=O)c3ccncc3)ccc2cn1. The van der Waals surface area contributed by atoms with E-state index >= 15 is 0 Å². The van der Waals surface area contributed by atoms with E-state index in [2.05, 4.69) is 21.4 Å². The number of fused-ring (bicyclic) bond motifs is 1. The second-order valence-electron chi connectivity index (χ2n) is 4.93. The molecule has 21 heavy (non-hydrogen) atoms. The summed E-state index contributed by atoms with van der Waals surface area (Å²) < 4.78 is 0. The van der Waals surface area contributed by atoms with Gasteiger partial charge in [-0.2, -0.15) is 0 Å². The molecule has 4 heteroatoms. The van der Waals surface area contributed by atoms with E-state index in [-0.39, 0.29) is 5.91 Å². The van der Waals surface area contributed by atoms with Crippen molar-refractivity contribution in [3.05, 3.63) is 71.8 Å². The van der Waals surface area contributed by atoms with Crippen LogP contribution in [-0.2, 0) is 6.54 Å². The number of rotatable bonds is 3. The monoisotopic (exact) mass is 277 g/mol. The zero-order valence-corrected chi connectivity index (χ0v) is 11.7. The Kier molecular flexibility index (Phi) is 3.60. The molecule has 2 aromatic heterocycles. The third kappa shape index (κ3) is 3.05. The van der Waals surface area contributed by atoms with Crippen molar-refractivity contribution < 1.29 is 4.79 Å². The highest BCUT2D eigenvalue weighted by Crippen LogP contribution is 2.16. The van der Waals surface area contributed by atoms with Crippen LogP contribution in [0.5, 0.6) is 0 Å². The molecule has 0 aliphatic carbocycles. The van der Waals surface area contributed by atoms with Gasteiger partial charge < -0.3 is 5.32 Å². The van der Waals surface area contributed by atoms with Crippen LogP contribution in [0.4, 0.5) is 0 Å². The molecular weight excluding hydrogens is 262 g/mol. The maximum Gasteiger partial charge on any atom is 0.251 e. The average Bonchev–Trinajstić information content (AvgIpc) is 2.53. The molecule has 1 N–H and O–H groups in total. The molecule has 1 amide bonds. The fraction of sp³-hybridized carbons (Fsp3) is 0.118. The molecule has 0 unspecified atom stereocenters. The fourth-order valence-corrected chi connectivity index (χ4v) is 2.20. The van der Waals surface area contributed by atoms with E-state index in [1.54, 1.807) is 24.5 Å². The van der Waals surface area contributed by atoms with Crippen molar-refractivity contribution in [3.8, 4) is 0 Å². The van der Waals surface area contributed by atoms with E-state index in [9.17, 15) is 4.79 Å². The first-order valence-electron chi connectivity index (χ1n) is 6.76. The van der Waals surface area contributed by atoms with E-state index < -0.39 is 0 Å². The third-order valence-electron chi connectivity index (χ3n) is 3.32. The Balaban J connectivity index is 1.75. The average molecular weight is 277 g/mol. The molecule has 0 saturated carbocycles. The van der Waals surface area contributed by atoms with Gasteiger partial charge in [0.2, 0.25) is 0 Å². The first-order valence-corrected chi connectivity index (χ1v) is 6.76. The van der Waals surface area contributed by atoms with E-state index in [1.165, 1.54) is 0 Å². The predicted octanol–water partition coefficient (Wildman–Crippen LogP) is 2.87. The summed E-state index contributed by atoms with van der Waals surface area (Å²) in [4.78, 5) is 20.2. The number of aromatic nitrogens is 2. The lowest BCUT2D eigenvalue weighted by molar-refractivity contribution is 0.0951. The van der Waals surface area contributed by atoms with Crippen LogP contribution >= 0.6 is 0 Å². The minimum absolute atomic E-state index is 0.0941. The number of hydrogen-bond donors (Lipinski definition) is 1. The topological polar surface area (TPSA) is 54.9 Å². The molecule has 0 aliphatic heterocycles. The molecule has 0 radical (unpaired) electrons. The Morgan fingerprint density at radius 3 is 2.71 bits per heavy atom. The van der Waals surface area contributed by atoms with Crippen LogP contribution < -0.4 is 5.32 Å². The summed E-state index contributed by atoms with van der Waals surface area (Å²) in [6, 6.07) is 11.6. The number of carbonyl (C=O) groups is 1. The summed E-state index contributed by atoms with van der Waals surface area (Å²) in [5, 5.41) is 5.15. The Morgan fingerprint density at radius 1 is 1.10 bits per heavy atom. The maximum absolute atomic E-state index is 12.0. The highest BCUT2D eigenvalue weighted by molar-refractivity contribution is 5.94. The zero-order chi connectivity index (χ0) is 14.7. The van der Waals surface area contributed by atoms with Crippen molar-refractivity contribution in [2.24, 2.45) is 0 Å². The Morgan fingerprint density at radius 2 is 1.90 bits per heavy atom. The second-order valence-corrected chi connectivity index (χ2v) is 4.93. The van der Waals surface area contributed by atoms with Crippen LogP contribution in [0, 0.1) is 6.92 Å². The molecule has 2 heterocycles. The summed E-state index contributed by atoms with van der Waals surface area (Å²) >= 11 is 0.